The fourth-order valence-electron chi connectivity index (χ4n) is 3.64. The molecule has 6 nitrogen and oxygen atoms in total. The topological polar surface area (TPSA) is 57.2 Å². The lowest BCUT2D eigenvalue weighted by molar-refractivity contribution is -0.240. The van der Waals surface area contributed by atoms with Crippen LogP contribution in [0.5, 0.6) is 0 Å². The first-order valence-corrected chi connectivity index (χ1v) is 11.2. The first-order chi connectivity index (χ1) is 14.1. The van der Waals surface area contributed by atoms with Crippen LogP contribution in [0.15, 0.2) is 17.9 Å². The SMILES string of the molecule is CCSC(=S)OC1=C(c2c(C)cc(C)cc2C)C(=O)N(OCC(OC)OC)C1(C)C. The lowest BCUT2D eigenvalue weighted by Crippen LogP contribution is -2.45. The number of carbonyl (C=O) groups is 1. The third kappa shape index (κ3) is 5.06. The van der Waals surface area contributed by atoms with E-state index in [4.69, 9.17) is 31.3 Å². The van der Waals surface area contributed by atoms with Crippen molar-refractivity contribution in [2.45, 2.75) is 53.4 Å². The largest absolute Gasteiger partial charge is 0.441 e. The van der Waals surface area contributed by atoms with Crippen LogP contribution in [0.4, 0.5) is 0 Å². The van der Waals surface area contributed by atoms with E-state index in [2.05, 4.69) is 12.1 Å². The van der Waals surface area contributed by atoms with Gasteiger partial charge in [-0.25, -0.2) is 5.06 Å². The maximum absolute atomic E-state index is 13.6. The predicted octanol–water partition coefficient (Wildman–Crippen LogP) is 4.55. The Balaban J connectivity index is 2.57. The summed E-state index contributed by atoms with van der Waals surface area (Å²) < 4.78 is 16.9. The van der Waals surface area contributed by atoms with Gasteiger partial charge < -0.3 is 14.2 Å². The second-order valence-electron chi connectivity index (χ2n) is 7.62. The minimum atomic E-state index is -0.874. The molecule has 2 rings (SSSR count). The van der Waals surface area contributed by atoms with Crippen molar-refractivity contribution in [1.29, 1.82) is 0 Å². The molecule has 1 aliphatic rings. The molecule has 0 saturated heterocycles. The zero-order valence-electron chi connectivity index (χ0n) is 19.0. The molecule has 0 N–H and O–H groups in total. The van der Waals surface area contributed by atoms with Crippen LogP contribution in [0.25, 0.3) is 5.57 Å². The lowest BCUT2D eigenvalue weighted by atomic mass is 9.91. The minimum absolute atomic E-state index is 0.0583. The molecule has 166 valence electrons. The minimum Gasteiger partial charge on any atom is -0.441 e. The van der Waals surface area contributed by atoms with Crippen molar-refractivity contribution < 1.29 is 23.8 Å². The summed E-state index contributed by atoms with van der Waals surface area (Å²) in [5.41, 5.74) is 3.57. The van der Waals surface area contributed by atoms with Crippen molar-refractivity contribution in [1.82, 2.24) is 5.06 Å². The molecule has 0 unspecified atom stereocenters. The van der Waals surface area contributed by atoms with E-state index >= 15 is 0 Å². The number of hydroxylamine groups is 2. The van der Waals surface area contributed by atoms with Gasteiger partial charge in [0, 0.05) is 14.2 Å². The van der Waals surface area contributed by atoms with Crippen molar-refractivity contribution in [3.63, 3.8) is 0 Å². The van der Waals surface area contributed by atoms with Crippen LogP contribution in [0, 0.1) is 20.8 Å². The molecule has 1 aromatic carbocycles. The van der Waals surface area contributed by atoms with Crippen molar-refractivity contribution in [3.05, 3.63) is 40.1 Å². The Kier molecular flexibility index (Phi) is 8.47. The van der Waals surface area contributed by atoms with Gasteiger partial charge in [-0.05, 0) is 69.3 Å². The quantitative estimate of drug-likeness (QED) is 0.423. The van der Waals surface area contributed by atoms with Crippen molar-refractivity contribution >= 4 is 39.8 Å². The van der Waals surface area contributed by atoms with Crippen LogP contribution in [-0.4, -0.2) is 53.8 Å². The summed E-state index contributed by atoms with van der Waals surface area (Å²) in [6.45, 7) is 11.8. The molecule has 30 heavy (non-hydrogen) atoms. The number of hydrogen-bond acceptors (Lipinski definition) is 7. The Hall–Kier alpha value is -1.45. The number of nitrogens with zero attached hydrogens (tertiary/aromatic N) is 1. The van der Waals surface area contributed by atoms with Crippen LogP contribution in [-0.2, 0) is 23.8 Å². The first kappa shape index (κ1) is 24.8. The summed E-state index contributed by atoms with van der Waals surface area (Å²) >= 11 is 6.82. The van der Waals surface area contributed by atoms with Crippen molar-refractivity contribution in [2.75, 3.05) is 26.6 Å². The van der Waals surface area contributed by atoms with Gasteiger partial charge in [0.05, 0.1) is 5.57 Å². The molecule has 1 amide bonds. The Morgan fingerprint density at radius 3 is 2.23 bits per heavy atom. The standard InChI is InChI=1S/C22H31NO5S2/c1-9-30-21(29)28-19-18(17-14(3)10-13(2)11-15(17)4)20(24)23(22(19,5)6)27-12-16(25-7)26-8/h10-11,16H,9,12H2,1-8H3. The van der Waals surface area contributed by atoms with Crippen LogP contribution in [0.2, 0.25) is 0 Å². The fraction of sp³-hybridized carbons (Fsp3) is 0.545. The monoisotopic (exact) mass is 453 g/mol. The average Bonchev–Trinajstić information content (AvgIpc) is 2.82. The number of carbonyl (C=O) groups excluding carboxylic acids is 1. The molecule has 0 spiro atoms. The number of amides is 1. The van der Waals surface area contributed by atoms with Gasteiger partial charge in [-0.2, -0.15) is 0 Å². The van der Waals surface area contributed by atoms with Crippen LogP contribution in [0.3, 0.4) is 0 Å². The smallest absolute Gasteiger partial charge is 0.282 e. The maximum Gasteiger partial charge on any atom is 0.282 e. The van der Waals surface area contributed by atoms with E-state index in [1.165, 1.54) is 31.0 Å². The van der Waals surface area contributed by atoms with E-state index in [9.17, 15) is 4.79 Å². The molecule has 0 atom stereocenters. The molecule has 0 radical (unpaired) electrons. The Labute approximate surface area is 188 Å². The van der Waals surface area contributed by atoms with Crippen molar-refractivity contribution in [2.24, 2.45) is 0 Å². The van der Waals surface area contributed by atoms with E-state index in [0.29, 0.717) is 15.7 Å². The highest BCUT2D eigenvalue weighted by Gasteiger charge is 2.50. The van der Waals surface area contributed by atoms with Gasteiger partial charge in [-0.15, -0.1) is 0 Å². The van der Waals surface area contributed by atoms with E-state index in [0.717, 1.165) is 28.0 Å². The average molecular weight is 454 g/mol. The molecule has 1 heterocycles. The van der Waals surface area contributed by atoms with Gasteiger partial charge in [0.2, 0.25) is 4.38 Å². The summed E-state index contributed by atoms with van der Waals surface area (Å²) in [4.78, 5) is 19.4. The highest BCUT2D eigenvalue weighted by atomic mass is 32.2. The van der Waals surface area contributed by atoms with E-state index in [1.807, 2.05) is 41.5 Å². The highest BCUT2D eigenvalue weighted by molar-refractivity contribution is 8.22. The number of thiocarbonyl (C=S) groups is 1. The zero-order valence-corrected chi connectivity index (χ0v) is 20.6. The maximum atomic E-state index is 13.6. The van der Waals surface area contributed by atoms with Gasteiger partial charge in [-0.3, -0.25) is 9.63 Å². The van der Waals surface area contributed by atoms with Crippen LogP contribution in [0.1, 0.15) is 43.0 Å². The second kappa shape index (κ2) is 10.2. The molecule has 0 aliphatic carbocycles. The normalized spacial score (nSPS) is 16.0. The first-order valence-electron chi connectivity index (χ1n) is 9.79. The number of aryl methyl sites for hydroxylation is 3. The van der Waals surface area contributed by atoms with E-state index in [-0.39, 0.29) is 12.5 Å². The fourth-order valence-corrected chi connectivity index (χ4v) is 4.45. The summed E-state index contributed by atoms with van der Waals surface area (Å²) in [6.07, 6.45) is -0.596. The number of methoxy groups -OCH3 is 2. The Morgan fingerprint density at radius 2 is 1.73 bits per heavy atom. The molecule has 1 aliphatic heterocycles. The van der Waals surface area contributed by atoms with Crippen LogP contribution >= 0.6 is 24.0 Å². The van der Waals surface area contributed by atoms with E-state index in [1.54, 1.807) is 0 Å². The van der Waals surface area contributed by atoms with Crippen molar-refractivity contribution in [3.8, 4) is 0 Å². The molecule has 0 fully saturated rings. The second-order valence-corrected chi connectivity index (χ2v) is 9.48. The Morgan fingerprint density at radius 1 is 1.17 bits per heavy atom. The zero-order chi connectivity index (χ0) is 22.6. The molecule has 8 heteroatoms. The van der Waals surface area contributed by atoms with Gasteiger partial charge in [-0.1, -0.05) is 36.4 Å². The Bertz CT molecular complexity index is 823. The van der Waals surface area contributed by atoms with Gasteiger partial charge in [0.1, 0.15) is 17.9 Å². The summed E-state index contributed by atoms with van der Waals surface area (Å²) in [5, 5.41) is 1.33. The highest BCUT2D eigenvalue weighted by Crippen LogP contribution is 2.43. The number of thioether (sulfide) groups is 1. The molecular weight excluding hydrogens is 422 g/mol. The molecule has 1 aromatic rings. The molecule has 0 aromatic heterocycles. The number of benzene rings is 1. The lowest BCUT2D eigenvalue weighted by Gasteiger charge is -2.32. The molecule has 0 bridgehead atoms. The van der Waals surface area contributed by atoms with Gasteiger partial charge in [0.25, 0.3) is 5.91 Å². The number of rotatable bonds is 8. The molecular formula is C22H31NO5S2. The van der Waals surface area contributed by atoms with Crippen LogP contribution < -0.4 is 0 Å². The third-order valence-corrected chi connectivity index (χ3v) is 5.97. The van der Waals surface area contributed by atoms with Gasteiger partial charge in [0.15, 0.2) is 6.29 Å². The number of hydrogen-bond donors (Lipinski definition) is 0. The van der Waals surface area contributed by atoms with E-state index < -0.39 is 11.8 Å². The summed E-state index contributed by atoms with van der Waals surface area (Å²) in [6, 6.07) is 4.11. The predicted molar refractivity (Wildman–Crippen MR) is 124 cm³/mol. The summed E-state index contributed by atoms with van der Waals surface area (Å²) in [5.74, 6) is 0.988. The molecule has 0 saturated carbocycles. The number of ether oxygens (including phenoxy) is 3. The summed E-state index contributed by atoms with van der Waals surface area (Å²) in [7, 11) is 3.04. The van der Waals surface area contributed by atoms with Gasteiger partial charge >= 0.3 is 0 Å². The third-order valence-electron chi connectivity index (χ3n) is 4.93.